The first-order valence-corrected chi connectivity index (χ1v) is 10.4. The molecule has 2 fully saturated rings. The number of ether oxygens (including phenoxy) is 2. The van der Waals surface area contributed by atoms with Crippen LogP contribution in [0.4, 0.5) is 0 Å². The van der Waals surface area contributed by atoms with Gasteiger partial charge in [0.05, 0.1) is 25.0 Å². The lowest BCUT2D eigenvalue weighted by atomic mass is 9.46. The number of benzene rings is 2. The van der Waals surface area contributed by atoms with E-state index >= 15 is 0 Å². The largest absolute Gasteiger partial charge is 0.469 e. The number of esters is 2. The summed E-state index contributed by atoms with van der Waals surface area (Å²) in [5.41, 5.74) is 1.83. The highest BCUT2D eigenvalue weighted by molar-refractivity contribution is 5.86. The number of hydrogen-bond donors (Lipinski definition) is 0. The highest BCUT2D eigenvalue weighted by Gasteiger charge is 2.64. The molecular formula is C25H28O4. The van der Waals surface area contributed by atoms with Crippen LogP contribution >= 0.6 is 0 Å². The molecule has 0 radical (unpaired) electrons. The lowest BCUT2D eigenvalue weighted by Crippen LogP contribution is -2.56. The zero-order valence-corrected chi connectivity index (χ0v) is 17.1. The van der Waals surface area contributed by atoms with Crippen molar-refractivity contribution in [3.63, 3.8) is 0 Å². The Kier molecular flexibility index (Phi) is 5.20. The van der Waals surface area contributed by atoms with Crippen LogP contribution in [-0.4, -0.2) is 26.2 Å². The Bertz CT molecular complexity index is 860. The summed E-state index contributed by atoms with van der Waals surface area (Å²) >= 11 is 0. The van der Waals surface area contributed by atoms with E-state index in [1.54, 1.807) is 0 Å². The average molecular weight is 392 g/mol. The summed E-state index contributed by atoms with van der Waals surface area (Å²) in [5.74, 6) is -0.648. The number of carbonyl (C=O) groups is 2. The Labute approximate surface area is 172 Å². The second-order valence-corrected chi connectivity index (χ2v) is 8.39. The first kappa shape index (κ1) is 19.7. The zero-order valence-electron chi connectivity index (χ0n) is 17.1. The molecule has 4 rings (SSSR count). The van der Waals surface area contributed by atoms with Crippen LogP contribution in [-0.2, 0) is 19.1 Å². The van der Waals surface area contributed by atoms with Gasteiger partial charge in [-0.1, -0.05) is 67.4 Å². The van der Waals surface area contributed by atoms with Crippen molar-refractivity contribution >= 4 is 11.9 Å². The first-order valence-electron chi connectivity index (χ1n) is 10.4. The van der Waals surface area contributed by atoms with Crippen LogP contribution in [0.2, 0.25) is 0 Å². The summed E-state index contributed by atoms with van der Waals surface area (Å²) in [6, 6.07) is 18.4. The molecule has 0 amide bonds. The van der Waals surface area contributed by atoms with E-state index in [2.05, 4.69) is 24.3 Å². The van der Waals surface area contributed by atoms with E-state index < -0.39 is 10.8 Å². The molecule has 0 aromatic heterocycles. The normalized spacial score (nSPS) is 28.4. The molecule has 0 unspecified atom stereocenters. The molecule has 4 nitrogen and oxygen atoms in total. The van der Waals surface area contributed by atoms with Gasteiger partial charge in [-0.25, -0.2) is 0 Å². The van der Waals surface area contributed by atoms with E-state index in [0.29, 0.717) is 0 Å². The average Bonchev–Trinajstić information content (AvgIpc) is 2.77. The molecule has 2 bridgehead atoms. The minimum absolute atomic E-state index is 0.196. The molecule has 0 heterocycles. The number of fused-ring (bicyclic) bond motifs is 2. The third-order valence-electron chi connectivity index (χ3n) is 7.14. The van der Waals surface area contributed by atoms with Gasteiger partial charge in [0.15, 0.2) is 0 Å². The Balaban J connectivity index is 1.98. The number of methoxy groups -OCH3 is 2. The molecule has 0 saturated heterocycles. The van der Waals surface area contributed by atoms with Crippen molar-refractivity contribution in [2.75, 3.05) is 14.2 Å². The topological polar surface area (TPSA) is 52.6 Å². The standard InChI is InChI=1S/C25H28O4/c1-28-22(26)24-14-8-16-25(17-9-15-24,23(27)29-2)21(24)20-13-7-6-12-19(20)18-10-4-3-5-11-18/h3-7,10-13,21H,8-9,14-17H2,1-2H3. The quantitative estimate of drug-likeness (QED) is 0.678. The Morgan fingerprint density at radius 1 is 0.759 bits per heavy atom. The smallest absolute Gasteiger partial charge is 0.312 e. The highest BCUT2D eigenvalue weighted by Crippen LogP contribution is 2.65. The molecule has 2 aliphatic rings. The summed E-state index contributed by atoms with van der Waals surface area (Å²) in [7, 11) is 2.92. The lowest BCUT2D eigenvalue weighted by molar-refractivity contribution is -0.178. The predicted molar refractivity (Wildman–Crippen MR) is 111 cm³/mol. The van der Waals surface area contributed by atoms with Gasteiger partial charge in [0.2, 0.25) is 0 Å². The zero-order chi connectivity index (χ0) is 20.5. The molecular weight excluding hydrogens is 364 g/mol. The highest BCUT2D eigenvalue weighted by atomic mass is 16.5. The van der Waals surface area contributed by atoms with Crippen LogP contribution in [0.3, 0.4) is 0 Å². The van der Waals surface area contributed by atoms with Crippen molar-refractivity contribution in [2.45, 2.75) is 44.4 Å². The van der Waals surface area contributed by atoms with Gasteiger partial charge in [-0.05, 0) is 42.4 Å². The number of rotatable bonds is 4. The fourth-order valence-electron chi connectivity index (χ4n) is 6.07. The van der Waals surface area contributed by atoms with Gasteiger partial charge >= 0.3 is 11.9 Å². The molecule has 2 aromatic carbocycles. The molecule has 2 saturated carbocycles. The SMILES string of the molecule is COC(=O)C12CCCC(C(=O)OC)(CCC1)C2c1ccccc1-c1ccccc1. The van der Waals surface area contributed by atoms with Crippen LogP contribution in [0.1, 0.15) is 50.0 Å². The molecule has 0 spiro atoms. The first-order chi connectivity index (χ1) is 14.1. The molecule has 0 aliphatic heterocycles. The summed E-state index contributed by atoms with van der Waals surface area (Å²) < 4.78 is 10.7. The summed E-state index contributed by atoms with van der Waals surface area (Å²) in [4.78, 5) is 26.4. The molecule has 0 N–H and O–H groups in total. The molecule has 2 aromatic rings. The third-order valence-corrected chi connectivity index (χ3v) is 7.14. The van der Waals surface area contributed by atoms with Crippen molar-refractivity contribution in [1.82, 2.24) is 0 Å². The summed E-state index contributed by atoms with van der Waals surface area (Å²) in [5, 5.41) is 0. The van der Waals surface area contributed by atoms with Gasteiger partial charge in [0, 0.05) is 5.92 Å². The predicted octanol–water partition coefficient (Wildman–Crippen LogP) is 5.12. The van der Waals surface area contributed by atoms with E-state index in [9.17, 15) is 9.59 Å². The monoisotopic (exact) mass is 392 g/mol. The van der Waals surface area contributed by atoms with Crippen LogP contribution in [0.25, 0.3) is 11.1 Å². The molecule has 2 aliphatic carbocycles. The third kappa shape index (κ3) is 2.97. The van der Waals surface area contributed by atoms with E-state index in [4.69, 9.17) is 9.47 Å². The second kappa shape index (κ2) is 7.66. The van der Waals surface area contributed by atoms with E-state index in [0.717, 1.165) is 55.2 Å². The van der Waals surface area contributed by atoms with Crippen LogP contribution < -0.4 is 0 Å². The summed E-state index contributed by atoms with van der Waals surface area (Å²) in [6.45, 7) is 0. The second-order valence-electron chi connectivity index (χ2n) is 8.39. The van der Waals surface area contributed by atoms with Gasteiger partial charge in [0.25, 0.3) is 0 Å². The van der Waals surface area contributed by atoms with Gasteiger partial charge in [-0.15, -0.1) is 0 Å². The number of carbonyl (C=O) groups excluding carboxylic acids is 2. The minimum atomic E-state index is -0.690. The lowest BCUT2D eigenvalue weighted by Gasteiger charge is -2.56. The van der Waals surface area contributed by atoms with Gasteiger partial charge in [-0.3, -0.25) is 9.59 Å². The Morgan fingerprint density at radius 3 is 1.76 bits per heavy atom. The van der Waals surface area contributed by atoms with Crippen molar-refractivity contribution in [2.24, 2.45) is 10.8 Å². The maximum absolute atomic E-state index is 13.2. The minimum Gasteiger partial charge on any atom is -0.469 e. The fourth-order valence-corrected chi connectivity index (χ4v) is 6.07. The van der Waals surface area contributed by atoms with Gasteiger partial charge in [0.1, 0.15) is 0 Å². The van der Waals surface area contributed by atoms with Gasteiger partial charge in [-0.2, -0.15) is 0 Å². The van der Waals surface area contributed by atoms with E-state index in [1.165, 1.54) is 14.2 Å². The number of hydrogen-bond acceptors (Lipinski definition) is 4. The van der Waals surface area contributed by atoms with E-state index in [1.807, 2.05) is 30.3 Å². The molecule has 0 atom stereocenters. The van der Waals surface area contributed by atoms with Crippen molar-refractivity contribution in [1.29, 1.82) is 0 Å². The van der Waals surface area contributed by atoms with Crippen molar-refractivity contribution in [3.05, 3.63) is 60.2 Å². The maximum atomic E-state index is 13.2. The summed E-state index contributed by atoms with van der Waals surface area (Å²) in [6.07, 6.45) is 4.62. The van der Waals surface area contributed by atoms with E-state index in [-0.39, 0.29) is 17.9 Å². The molecule has 4 heteroatoms. The van der Waals surface area contributed by atoms with Crippen molar-refractivity contribution in [3.8, 4) is 11.1 Å². The molecule has 152 valence electrons. The fraction of sp³-hybridized carbons (Fsp3) is 0.440. The molecule has 29 heavy (non-hydrogen) atoms. The van der Waals surface area contributed by atoms with Crippen molar-refractivity contribution < 1.29 is 19.1 Å². The van der Waals surface area contributed by atoms with Gasteiger partial charge < -0.3 is 9.47 Å². The van der Waals surface area contributed by atoms with Crippen LogP contribution in [0.15, 0.2) is 54.6 Å². The Morgan fingerprint density at radius 2 is 1.24 bits per heavy atom. The maximum Gasteiger partial charge on any atom is 0.312 e. The Hall–Kier alpha value is -2.62. The van der Waals surface area contributed by atoms with Crippen LogP contribution in [0, 0.1) is 10.8 Å². The van der Waals surface area contributed by atoms with Crippen LogP contribution in [0.5, 0.6) is 0 Å².